The lowest BCUT2D eigenvalue weighted by molar-refractivity contribution is -0.146. The van der Waals surface area contributed by atoms with Gasteiger partial charge in [0.15, 0.2) is 0 Å². The smallest absolute Gasteiger partial charge is 0.323 e. The Morgan fingerprint density at radius 2 is 2.39 bits per heavy atom. The zero-order chi connectivity index (χ0) is 13.1. The fourth-order valence-corrected chi connectivity index (χ4v) is 2.50. The average molecular weight is 272 g/mol. The lowest BCUT2D eigenvalue weighted by Gasteiger charge is -2.22. The van der Waals surface area contributed by atoms with Crippen molar-refractivity contribution < 1.29 is 13.9 Å². The largest absolute Gasteiger partial charge is 0.468 e. The summed E-state index contributed by atoms with van der Waals surface area (Å²) in [7, 11) is 1.37. The predicted molar refractivity (Wildman–Crippen MR) is 66.9 cm³/mol. The molecule has 1 unspecified atom stereocenters. The number of benzene rings is 1. The van der Waals surface area contributed by atoms with Crippen LogP contribution in [0.5, 0.6) is 0 Å². The molecule has 1 aliphatic heterocycles. The Hall–Kier alpha value is -1.13. The minimum atomic E-state index is -0.296. The first-order valence-corrected chi connectivity index (χ1v) is 6.25. The highest BCUT2D eigenvalue weighted by Gasteiger charge is 2.31. The number of carbonyl (C=O) groups excluding carboxylic acids is 1. The van der Waals surface area contributed by atoms with Crippen LogP contribution in [0, 0.1) is 5.82 Å². The maximum absolute atomic E-state index is 13.6. The van der Waals surface area contributed by atoms with Crippen LogP contribution in [0.25, 0.3) is 0 Å². The summed E-state index contributed by atoms with van der Waals surface area (Å²) in [6.07, 6.45) is 1.68. The topological polar surface area (TPSA) is 29.5 Å². The fraction of sp³-hybridized carbons (Fsp3) is 0.462. The summed E-state index contributed by atoms with van der Waals surface area (Å²) in [6.45, 7) is 1.15. The highest BCUT2D eigenvalue weighted by atomic mass is 35.5. The summed E-state index contributed by atoms with van der Waals surface area (Å²) in [5, 5.41) is 0.500. The van der Waals surface area contributed by atoms with Crippen LogP contribution in [0.1, 0.15) is 18.4 Å². The molecule has 0 bridgehead atoms. The van der Waals surface area contributed by atoms with Gasteiger partial charge in [-0.1, -0.05) is 11.6 Å². The lowest BCUT2D eigenvalue weighted by Crippen LogP contribution is -2.36. The molecule has 1 fully saturated rings. The molecule has 0 radical (unpaired) electrons. The van der Waals surface area contributed by atoms with E-state index >= 15 is 0 Å². The maximum Gasteiger partial charge on any atom is 0.323 e. The number of carbonyl (C=O) groups is 1. The summed E-state index contributed by atoms with van der Waals surface area (Å²) in [5.41, 5.74) is 0.512. The molecule has 1 atom stereocenters. The molecule has 0 aliphatic carbocycles. The first-order valence-electron chi connectivity index (χ1n) is 5.87. The monoisotopic (exact) mass is 271 g/mol. The summed E-state index contributed by atoms with van der Waals surface area (Å²) in [5.74, 6) is -0.551. The van der Waals surface area contributed by atoms with Gasteiger partial charge in [0.1, 0.15) is 11.9 Å². The molecule has 2 rings (SSSR count). The Kier molecular flexibility index (Phi) is 4.19. The van der Waals surface area contributed by atoms with Crippen molar-refractivity contribution in [2.24, 2.45) is 0 Å². The second-order valence-electron chi connectivity index (χ2n) is 4.39. The summed E-state index contributed by atoms with van der Waals surface area (Å²) < 4.78 is 18.4. The molecule has 0 aromatic heterocycles. The van der Waals surface area contributed by atoms with Crippen LogP contribution in [-0.2, 0) is 16.1 Å². The molecule has 0 amide bonds. The Bertz CT molecular complexity index is 453. The number of rotatable bonds is 3. The quantitative estimate of drug-likeness (QED) is 0.792. The average Bonchev–Trinajstić information content (AvgIpc) is 2.81. The molecule has 0 N–H and O–H groups in total. The molecule has 1 heterocycles. The van der Waals surface area contributed by atoms with E-state index in [-0.39, 0.29) is 17.8 Å². The number of halogens is 2. The molecular formula is C13H15ClFNO2. The molecule has 1 aliphatic rings. The third kappa shape index (κ3) is 2.82. The number of methoxy groups -OCH3 is 1. The van der Waals surface area contributed by atoms with E-state index < -0.39 is 0 Å². The van der Waals surface area contributed by atoms with Crippen LogP contribution in [0.4, 0.5) is 4.39 Å². The molecule has 98 valence electrons. The van der Waals surface area contributed by atoms with E-state index in [0.717, 1.165) is 19.4 Å². The van der Waals surface area contributed by atoms with E-state index in [1.165, 1.54) is 19.2 Å². The zero-order valence-corrected chi connectivity index (χ0v) is 10.9. The minimum absolute atomic E-state index is 0.255. The van der Waals surface area contributed by atoms with E-state index in [9.17, 15) is 9.18 Å². The van der Waals surface area contributed by atoms with E-state index in [2.05, 4.69) is 0 Å². The van der Waals surface area contributed by atoms with Gasteiger partial charge < -0.3 is 4.74 Å². The lowest BCUT2D eigenvalue weighted by atomic mass is 10.1. The number of esters is 1. The SMILES string of the molecule is COC(=O)C1CCCN1Cc1cc(Cl)ccc1F. The van der Waals surface area contributed by atoms with Gasteiger partial charge >= 0.3 is 5.97 Å². The number of ether oxygens (including phenoxy) is 1. The van der Waals surface area contributed by atoms with Crippen LogP contribution in [0.2, 0.25) is 5.02 Å². The van der Waals surface area contributed by atoms with Crippen LogP contribution in [0.3, 0.4) is 0 Å². The van der Waals surface area contributed by atoms with Gasteiger partial charge in [0.05, 0.1) is 7.11 Å². The molecular weight excluding hydrogens is 257 g/mol. The third-order valence-electron chi connectivity index (χ3n) is 3.22. The first kappa shape index (κ1) is 13.3. The van der Waals surface area contributed by atoms with Crippen LogP contribution >= 0.6 is 11.6 Å². The van der Waals surface area contributed by atoms with Gasteiger partial charge in [-0.3, -0.25) is 9.69 Å². The van der Waals surface area contributed by atoms with Crippen molar-refractivity contribution in [2.45, 2.75) is 25.4 Å². The Morgan fingerprint density at radius 1 is 1.61 bits per heavy atom. The molecule has 18 heavy (non-hydrogen) atoms. The van der Waals surface area contributed by atoms with Gasteiger partial charge in [-0.25, -0.2) is 4.39 Å². The standard InChI is InChI=1S/C13H15ClFNO2/c1-18-13(17)12-3-2-6-16(12)8-9-7-10(14)4-5-11(9)15/h4-5,7,12H,2-3,6,8H2,1H3. The number of hydrogen-bond acceptors (Lipinski definition) is 3. The Labute approximate surface area is 110 Å². The molecule has 1 saturated heterocycles. The van der Waals surface area contributed by atoms with Crippen LogP contribution in [0.15, 0.2) is 18.2 Å². The van der Waals surface area contributed by atoms with Gasteiger partial charge in [-0.05, 0) is 37.6 Å². The van der Waals surface area contributed by atoms with Crippen molar-refractivity contribution in [3.63, 3.8) is 0 Å². The minimum Gasteiger partial charge on any atom is -0.468 e. The van der Waals surface area contributed by atoms with Crippen molar-refractivity contribution >= 4 is 17.6 Å². The highest BCUT2D eigenvalue weighted by molar-refractivity contribution is 6.30. The van der Waals surface area contributed by atoms with E-state index in [1.54, 1.807) is 6.07 Å². The molecule has 5 heteroatoms. The van der Waals surface area contributed by atoms with Gasteiger partial charge in [0.25, 0.3) is 0 Å². The van der Waals surface area contributed by atoms with Crippen molar-refractivity contribution in [3.8, 4) is 0 Å². The van der Waals surface area contributed by atoms with Crippen LogP contribution in [-0.4, -0.2) is 30.6 Å². The van der Waals surface area contributed by atoms with Gasteiger partial charge in [-0.2, -0.15) is 0 Å². The highest BCUT2D eigenvalue weighted by Crippen LogP contribution is 2.23. The van der Waals surface area contributed by atoms with Crippen molar-refractivity contribution in [3.05, 3.63) is 34.6 Å². The molecule has 3 nitrogen and oxygen atoms in total. The summed E-state index contributed by atoms with van der Waals surface area (Å²) >= 11 is 5.85. The molecule has 0 saturated carbocycles. The second kappa shape index (κ2) is 5.67. The predicted octanol–water partition coefficient (Wildman–Crippen LogP) is 2.62. The molecule has 0 spiro atoms. The van der Waals surface area contributed by atoms with Gasteiger partial charge in [0, 0.05) is 17.1 Å². The fourth-order valence-electron chi connectivity index (χ4n) is 2.30. The summed E-state index contributed by atoms with van der Waals surface area (Å²) in [6, 6.07) is 4.19. The first-order chi connectivity index (χ1) is 8.61. The Balaban J connectivity index is 2.13. The normalized spacial score (nSPS) is 20.1. The second-order valence-corrected chi connectivity index (χ2v) is 4.82. The molecule has 1 aromatic carbocycles. The zero-order valence-electron chi connectivity index (χ0n) is 10.2. The summed E-state index contributed by atoms with van der Waals surface area (Å²) in [4.78, 5) is 13.5. The van der Waals surface area contributed by atoms with E-state index in [1.807, 2.05) is 4.90 Å². The third-order valence-corrected chi connectivity index (χ3v) is 3.45. The molecule has 1 aromatic rings. The van der Waals surface area contributed by atoms with Crippen molar-refractivity contribution in [1.82, 2.24) is 4.90 Å². The number of likely N-dealkylation sites (tertiary alicyclic amines) is 1. The van der Waals surface area contributed by atoms with Crippen LogP contribution < -0.4 is 0 Å². The Morgan fingerprint density at radius 3 is 3.11 bits per heavy atom. The van der Waals surface area contributed by atoms with Gasteiger partial charge in [-0.15, -0.1) is 0 Å². The van der Waals surface area contributed by atoms with E-state index in [4.69, 9.17) is 16.3 Å². The van der Waals surface area contributed by atoms with E-state index in [0.29, 0.717) is 17.1 Å². The number of hydrogen-bond donors (Lipinski definition) is 0. The number of nitrogens with zero attached hydrogens (tertiary/aromatic N) is 1. The van der Waals surface area contributed by atoms with Crippen molar-refractivity contribution in [1.29, 1.82) is 0 Å². The van der Waals surface area contributed by atoms with Crippen molar-refractivity contribution in [2.75, 3.05) is 13.7 Å². The maximum atomic E-state index is 13.6. The van der Waals surface area contributed by atoms with Gasteiger partial charge in [0.2, 0.25) is 0 Å².